The van der Waals surface area contributed by atoms with Crippen LogP contribution in [0.1, 0.15) is 6.92 Å². The predicted octanol–water partition coefficient (Wildman–Crippen LogP) is 0.265. The van der Waals surface area contributed by atoms with Crippen molar-refractivity contribution in [3.8, 4) is 0 Å². The van der Waals surface area contributed by atoms with Crippen molar-refractivity contribution in [1.82, 2.24) is 9.80 Å². The highest BCUT2D eigenvalue weighted by molar-refractivity contribution is 5.79. The Kier molecular flexibility index (Phi) is 4.62. The molecule has 1 aliphatic rings. The fourth-order valence-electron chi connectivity index (χ4n) is 1.59. The molecule has 0 bridgehead atoms. The standard InChI is InChI=1S/C10H18N2O2/c1-2-11-6-8-12(9-7-11)5-3-4-10(13)14/h3-4H,2,5-9H2,1H3,(H,13,14)/b4-3+. The monoisotopic (exact) mass is 198 g/mol. The Morgan fingerprint density at radius 3 is 2.36 bits per heavy atom. The van der Waals surface area contributed by atoms with E-state index in [2.05, 4.69) is 16.7 Å². The van der Waals surface area contributed by atoms with Gasteiger partial charge >= 0.3 is 5.97 Å². The molecule has 1 heterocycles. The highest BCUT2D eigenvalue weighted by Crippen LogP contribution is 2.00. The van der Waals surface area contributed by atoms with Gasteiger partial charge in [-0.15, -0.1) is 0 Å². The van der Waals surface area contributed by atoms with Crippen LogP contribution in [0.25, 0.3) is 0 Å². The second kappa shape index (κ2) is 5.78. The van der Waals surface area contributed by atoms with Gasteiger partial charge in [-0.25, -0.2) is 4.79 Å². The molecule has 0 aromatic rings. The van der Waals surface area contributed by atoms with E-state index in [4.69, 9.17) is 5.11 Å². The SMILES string of the molecule is CCN1CCN(C/C=C/C(=O)O)CC1. The topological polar surface area (TPSA) is 43.8 Å². The van der Waals surface area contributed by atoms with Crippen molar-refractivity contribution in [2.24, 2.45) is 0 Å². The second-order valence-electron chi connectivity index (χ2n) is 3.48. The van der Waals surface area contributed by atoms with Gasteiger partial charge in [-0.3, -0.25) is 4.90 Å². The maximum atomic E-state index is 10.2. The van der Waals surface area contributed by atoms with Crippen LogP contribution in [0.3, 0.4) is 0 Å². The van der Waals surface area contributed by atoms with Crippen molar-refractivity contribution in [3.05, 3.63) is 12.2 Å². The second-order valence-corrected chi connectivity index (χ2v) is 3.48. The van der Waals surface area contributed by atoms with E-state index >= 15 is 0 Å². The molecule has 4 nitrogen and oxygen atoms in total. The van der Waals surface area contributed by atoms with E-state index in [1.807, 2.05) is 0 Å². The molecule has 0 radical (unpaired) electrons. The number of carboxylic acid groups (broad SMARTS) is 1. The molecule has 0 atom stereocenters. The summed E-state index contributed by atoms with van der Waals surface area (Å²) in [4.78, 5) is 14.9. The summed E-state index contributed by atoms with van der Waals surface area (Å²) in [5, 5.41) is 8.41. The van der Waals surface area contributed by atoms with Crippen LogP contribution in [0.4, 0.5) is 0 Å². The summed E-state index contributed by atoms with van der Waals surface area (Å²) < 4.78 is 0. The maximum Gasteiger partial charge on any atom is 0.328 e. The van der Waals surface area contributed by atoms with Crippen LogP contribution in [0.5, 0.6) is 0 Å². The minimum Gasteiger partial charge on any atom is -0.478 e. The molecule has 1 aliphatic heterocycles. The Morgan fingerprint density at radius 2 is 1.86 bits per heavy atom. The van der Waals surface area contributed by atoms with E-state index in [-0.39, 0.29) is 0 Å². The van der Waals surface area contributed by atoms with E-state index in [1.165, 1.54) is 6.08 Å². The number of piperazine rings is 1. The van der Waals surface area contributed by atoms with E-state index in [9.17, 15) is 4.79 Å². The lowest BCUT2D eigenvalue weighted by Gasteiger charge is -2.33. The Bertz CT molecular complexity index is 208. The molecule has 0 saturated carbocycles. The quantitative estimate of drug-likeness (QED) is 0.658. The maximum absolute atomic E-state index is 10.2. The van der Waals surface area contributed by atoms with E-state index in [0.29, 0.717) is 0 Å². The fraction of sp³-hybridized carbons (Fsp3) is 0.700. The molecule has 1 saturated heterocycles. The molecule has 80 valence electrons. The van der Waals surface area contributed by atoms with Crippen molar-refractivity contribution in [3.63, 3.8) is 0 Å². The number of aliphatic carboxylic acids is 1. The van der Waals surface area contributed by atoms with Crippen molar-refractivity contribution in [2.45, 2.75) is 6.92 Å². The third-order valence-electron chi connectivity index (χ3n) is 2.54. The summed E-state index contributed by atoms with van der Waals surface area (Å²) >= 11 is 0. The number of carboxylic acids is 1. The number of likely N-dealkylation sites (N-methyl/N-ethyl adjacent to an activating group) is 1. The van der Waals surface area contributed by atoms with E-state index in [0.717, 1.165) is 39.3 Å². The number of nitrogens with zero attached hydrogens (tertiary/aromatic N) is 2. The van der Waals surface area contributed by atoms with Crippen LogP contribution in [0.2, 0.25) is 0 Å². The van der Waals surface area contributed by atoms with E-state index < -0.39 is 5.97 Å². The van der Waals surface area contributed by atoms with Gasteiger partial charge in [-0.05, 0) is 6.54 Å². The Hall–Kier alpha value is -0.870. The molecule has 0 aromatic heterocycles. The van der Waals surface area contributed by atoms with Gasteiger partial charge in [0.1, 0.15) is 0 Å². The number of carbonyl (C=O) groups is 1. The molecular weight excluding hydrogens is 180 g/mol. The predicted molar refractivity (Wildman–Crippen MR) is 55.3 cm³/mol. The van der Waals surface area contributed by atoms with Crippen molar-refractivity contribution in [1.29, 1.82) is 0 Å². The smallest absolute Gasteiger partial charge is 0.328 e. The normalized spacial score (nSPS) is 20.4. The largest absolute Gasteiger partial charge is 0.478 e. The zero-order valence-electron chi connectivity index (χ0n) is 8.65. The van der Waals surface area contributed by atoms with Gasteiger partial charge in [-0.2, -0.15) is 0 Å². The molecular formula is C10H18N2O2. The lowest BCUT2D eigenvalue weighted by molar-refractivity contribution is -0.131. The van der Waals surface area contributed by atoms with Gasteiger partial charge in [0.05, 0.1) is 0 Å². The fourth-order valence-corrected chi connectivity index (χ4v) is 1.59. The van der Waals surface area contributed by atoms with Crippen molar-refractivity contribution >= 4 is 5.97 Å². The molecule has 0 aromatic carbocycles. The Morgan fingerprint density at radius 1 is 1.29 bits per heavy atom. The highest BCUT2D eigenvalue weighted by Gasteiger charge is 2.13. The van der Waals surface area contributed by atoms with Gasteiger partial charge in [0.25, 0.3) is 0 Å². The molecule has 0 unspecified atom stereocenters. The van der Waals surface area contributed by atoms with Crippen molar-refractivity contribution < 1.29 is 9.90 Å². The third-order valence-corrected chi connectivity index (χ3v) is 2.54. The number of hydrogen-bond acceptors (Lipinski definition) is 3. The summed E-state index contributed by atoms with van der Waals surface area (Å²) in [5.74, 6) is -0.864. The first-order valence-corrected chi connectivity index (χ1v) is 5.06. The lowest BCUT2D eigenvalue weighted by atomic mass is 10.3. The average Bonchev–Trinajstić information content (AvgIpc) is 2.18. The van der Waals surface area contributed by atoms with E-state index in [1.54, 1.807) is 6.08 Å². The number of rotatable bonds is 4. The third kappa shape index (κ3) is 3.89. The first-order valence-electron chi connectivity index (χ1n) is 5.06. The lowest BCUT2D eigenvalue weighted by Crippen LogP contribution is -2.46. The van der Waals surface area contributed by atoms with Gasteiger partial charge < -0.3 is 10.0 Å². The van der Waals surface area contributed by atoms with Crippen LogP contribution in [0, 0.1) is 0 Å². The molecule has 0 aliphatic carbocycles. The van der Waals surface area contributed by atoms with Crippen LogP contribution in [-0.4, -0.2) is 60.1 Å². The average molecular weight is 198 g/mol. The van der Waals surface area contributed by atoms with Crippen LogP contribution >= 0.6 is 0 Å². The zero-order valence-corrected chi connectivity index (χ0v) is 8.65. The van der Waals surface area contributed by atoms with Gasteiger partial charge in [0.15, 0.2) is 0 Å². The van der Waals surface area contributed by atoms with Crippen molar-refractivity contribution in [2.75, 3.05) is 39.3 Å². The summed E-state index contributed by atoms with van der Waals surface area (Å²) in [6.07, 6.45) is 2.93. The molecule has 0 amide bonds. The van der Waals surface area contributed by atoms with Crippen LogP contribution in [-0.2, 0) is 4.79 Å². The van der Waals surface area contributed by atoms with Crippen LogP contribution in [0.15, 0.2) is 12.2 Å². The molecule has 14 heavy (non-hydrogen) atoms. The van der Waals surface area contributed by atoms with Crippen LogP contribution < -0.4 is 0 Å². The molecule has 1 fully saturated rings. The summed E-state index contributed by atoms with van der Waals surface area (Å²) in [5.41, 5.74) is 0. The minimum atomic E-state index is -0.864. The zero-order chi connectivity index (χ0) is 10.4. The summed E-state index contributed by atoms with van der Waals surface area (Å²) in [6.45, 7) is 8.30. The summed E-state index contributed by atoms with van der Waals surface area (Å²) in [6, 6.07) is 0. The Labute approximate surface area is 84.8 Å². The van der Waals surface area contributed by atoms with Gasteiger partial charge in [-0.1, -0.05) is 13.0 Å². The minimum absolute atomic E-state index is 0.754. The Balaban J connectivity index is 2.19. The summed E-state index contributed by atoms with van der Waals surface area (Å²) in [7, 11) is 0. The molecule has 1 N–H and O–H groups in total. The molecule has 4 heteroatoms. The van der Waals surface area contributed by atoms with Gasteiger partial charge in [0, 0.05) is 38.8 Å². The first-order chi connectivity index (χ1) is 6.72. The first kappa shape index (κ1) is 11.2. The van der Waals surface area contributed by atoms with Gasteiger partial charge in [0.2, 0.25) is 0 Å². The number of hydrogen-bond donors (Lipinski definition) is 1. The molecule has 1 rings (SSSR count). The molecule has 0 spiro atoms. The highest BCUT2D eigenvalue weighted by atomic mass is 16.4.